The molecule has 118 valence electrons. The van der Waals surface area contributed by atoms with Gasteiger partial charge in [0.2, 0.25) is 10.0 Å². The molecule has 22 heavy (non-hydrogen) atoms. The fourth-order valence-corrected chi connectivity index (χ4v) is 3.25. The summed E-state index contributed by atoms with van der Waals surface area (Å²) in [5, 5.41) is 19.0. The number of hydrogen-bond acceptors (Lipinski definition) is 5. The van der Waals surface area contributed by atoms with Crippen LogP contribution in [0.1, 0.15) is 11.3 Å². The van der Waals surface area contributed by atoms with Gasteiger partial charge < -0.3 is 15.2 Å². The minimum Gasteiger partial charge on any atom is -0.506 e. The van der Waals surface area contributed by atoms with E-state index in [0.717, 1.165) is 0 Å². The van der Waals surface area contributed by atoms with E-state index in [4.69, 9.17) is 0 Å². The van der Waals surface area contributed by atoms with Gasteiger partial charge in [-0.25, -0.2) is 13.4 Å². The van der Waals surface area contributed by atoms with Gasteiger partial charge in [-0.1, -0.05) is 12.1 Å². The van der Waals surface area contributed by atoms with Gasteiger partial charge in [0, 0.05) is 12.6 Å². The van der Waals surface area contributed by atoms with Crippen LogP contribution in [0.3, 0.4) is 0 Å². The Morgan fingerprint density at radius 1 is 1.45 bits per heavy atom. The number of para-hydroxylation sites is 1. The molecular formula is C13H15N3O5S. The number of phenolic OH excluding ortho intramolecular Hbond substituents is 1. The normalized spacial score (nSPS) is 13.0. The second kappa shape index (κ2) is 6.16. The zero-order valence-corrected chi connectivity index (χ0v) is 12.5. The van der Waals surface area contributed by atoms with Crippen molar-refractivity contribution in [2.75, 3.05) is 0 Å². The summed E-state index contributed by atoms with van der Waals surface area (Å²) in [7, 11) is -4.18. The lowest BCUT2D eigenvalue weighted by Crippen LogP contribution is -2.42. The van der Waals surface area contributed by atoms with Crippen molar-refractivity contribution in [1.82, 2.24) is 14.7 Å². The number of nitrogens with zero attached hydrogens (tertiary/aromatic N) is 1. The number of H-pyrrole nitrogens is 1. The van der Waals surface area contributed by atoms with Gasteiger partial charge in [0.15, 0.2) is 0 Å². The average molecular weight is 325 g/mol. The number of carbonyl (C=O) groups is 1. The van der Waals surface area contributed by atoms with E-state index < -0.39 is 27.8 Å². The first-order valence-electron chi connectivity index (χ1n) is 6.32. The van der Waals surface area contributed by atoms with Crippen molar-refractivity contribution < 1.29 is 23.4 Å². The first kappa shape index (κ1) is 16.0. The Labute approximate surface area is 126 Å². The van der Waals surface area contributed by atoms with Crippen molar-refractivity contribution in [2.24, 2.45) is 0 Å². The molecule has 1 aromatic carbocycles. The van der Waals surface area contributed by atoms with E-state index in [1.54, 1.807) is 13.0 Å². The highest BCUT2D eigenvalue weighted by Crippen LogP contribution is 2.26. The number of aryl methyl sites for hydroxylation is 1. The van der Waals surface area contributed by atoms with Crippen LogP contribution in [0, 0.1) is 6.92 Å². The Hall–Kier alpha value is -2.39. The van der Waals surface area contributed by atoms with Gasteiger partial charge >= 0.3 is 5.97 Å². The Bertz CT molecular complexity index is 771. The predicted octanol–water partition coefficient (Wildman–Crippen LogP) is 0.398. The van der Waals surface area contributed by atoms with Crippen LogP contribution < -0.4 is 4.72 Å². The van der Waals surface area contributed by atoms with Crippen LogP contribution in [0.4, 0.5) is 0 Å². The van der Waals surface area contributed by atoms with Crippen LogP contribution in [0.25, 0.3) is 0 Å². The maximum atomic E-state index is 12.3. The van der Waals surface area contributed by atoms with E-state index in [-0.39, 0.29) is 11.3 Å². The number of phenols is 1. The fourth-order valence-electron chi connectivity index (χ4n) is 1.89. The molecular weight excluding hydrogens is 310 g/mol. The molecule has 0 bridgehead atoms. The van der Waals surface area contributed by atoms with E-state index in [2.05, 4.69) is 14.7 Å². The number of benzene rings is 1. The van der Waals surface area contributed by atoms with Crippen LogP contribution in [0.5, 0.6) is 5.75 Å². The third-order valence-electron chi connectivity index (χ3n) is 3.05. The monoisotopic (exact) mass is 325 g/mol. The number of nitrogens with one attached hydrogen (secondary N) is 2. The Morgan fingerprint density at radius 2 is 2.18 bits per heavy atom. The molecule has 1 heterocycles. The minimum atomic E-state index is -4.18. The number of sulfonamides is 1. The number of carboxylic acid groups (broad SMARTS) is 1. The van der Waals surface area contributed by atoms with Gasteiger partial charge in [-0.2, -0.15) is 4.72 Å². The van der Waals surface area contributed by atoms with Crippen LogP contribution in [-0.4, -0.2) is 40.6 Å². The molecule has 2 rings (SSSR count). The molecule has 0 fully saturated rings. The summed E-state index contributed by atoms with van der Waals surface area (Å²) in [6, 6.07) is 2.83. The van der Waals surface area contributed by atoms with Crippen LogP contribution >= 0.6 is 0 Å². The lowest BCUT2D eigenvalue weighted by atomic mass is 10.2. The van der Waals surface area contributed by atoms with Gasteiger partial charge in [-0.15, -0.1) is 0 Å². The largest absolute Gasteiger partial charge is 0.506 e. The zero-order valence-electron chi connectivity index (χ0n) is 11.6. The number of aliphatic carboxylic acids is 1. The number of rotatable bonds is 6. The second-order valence-corrected chi connectivity index (χ2v) is 6.38. The van der Waals surface area contributed by atoms with Crippen LogP contribution in [0.2, 0.25) is 0 Å². The number of hydrogen-bond donors (Lipinski definition) is 4. The summed E-state index contributed by atoms with van der Waals surface area (Å²) < 4.78 is 26.6. The van der Waals surface area contributed by atoms with Crippen molar-refractivity contribution in [1.29, 1.82) is 0 Å². The van der Waals surface area contributed by atoms with Gasteiger partial charge in [-0.05, 0) is 18.6 Å². The summed E-state index contributed by atoms with van der Waals surface area (Å²) in [5.74, 6) is -1.74. The fraction of sp³-hybridized carbons (Fsp3) is 0.231. The molecule has 0 aliphatic heterocycles. The number of carboxylic acids is 1. The van der Waals surface area contributed by atoms with Crippen molar-refractivity contribution in [2.45, 2.75) is 24.3 Å². The SMILES string of the molecule is Cc1cccc(S(=O)(=O)N[C@@H](Cc2c[nH]cn2)C(=O)O)c1O. The second-order valence-electron chi connectivity index (χ2n) is 4.70. The predicted molar refractivity (Wildman–Crippen MR) is 76.9 cm³/mol. The third-order valence-corrected chi connectivity index (χ3v) is 4.56. The molecule has 1 aromatic heterocycles. The highest BCUT2D eigenvalue weighted by Gasteiger charge is 2.28. The molecule has 4 N–H and O–H groups in total. The third kappa shape index (κ3) is 3.43. The number of aromatic hydroxyl groups is 1. The minimum absolute atomic E-state index is 0.120. The van der Waals surface area contributed by atoms with Gasteiger partial charge in [-0.3, -0.25) is 4.79 Å². The molecule has 0 spiro atoms. The van der Waals surface area contributed by atoms with E-state index in [1.165, 1.54) is 24.7 Å². The lowest BCUT2D eigenvalue weighted by molar-refractivity contribution is -0.138. The van der Waals surface area contributed by atoms with E-state index in [0.29, 0.717) is 11.3 Å². The van der Waals surface area contributed by atoms with E-state index in [9.17, 15) is 23.4 Å². The zero-order chi connectivity index (χ0) is 16.3. The number of imidazole rings is 1. The van der Waals surface area contributed by atoms with Crippen molar-refractivity contribution in [3.8, 4) is 5.75 Å². The quantitative estimate of drug-likeness (QED) is 0.607. The summed E-state index contributed by atoms with van der Waals surface area (Å²) in [6.45, 7) is 1.55. The molecule has 1 atom stereocenters. The summed E-state index contributed by atoms with van der Waals surface area (Å²) in [5.41, 5.74) is 0.783. The van der Waals surface area contributed by atoms with Crippen molar-refractivity contribution >= 4 is 16.0 Å². The number of aromatic nitrogens is 2. The molecule has 0 amide bonds. The average Bonchev–Trinajstić information content (AvgIpc) is 2.93. The molecule has 0 radical (unpaired) electrons. The molecule has 0 aliphatic carbocycles. The van der Waals surface area contributed by atoms with Crippen LogP contribution in [0.15, 0.2) is 35.6 Å². The Kier molecular flexibility index (Phi) is 4.48. The molecule has 2 aromatic rings. The highest BCUT2D eigenvalue weighted by atomic mass is 32.2. The first-order chi connectivity index (χ1) is 10.3. The highest BCUT2D eigenvalue weighted by molar-refractivity contribution is 7.89. The van der Waals surface area contributed by atoms with Gasteiger partial charge in [0.1, 0.15) is 16.7 Å². The van der Waals surface area contributed by atoms with Gasteiger partial charge in [0.25, 0.3) is 0 Å². The van der Waals surface area contributed by atoms with E-state index in [1.807, 2.05) is 0 Å². The van der Waals surface area contributed by atoms with E-state index >= 15 is 0 Å². The lowest BCUT2D eigenvalue weighted by Gasteiger charge is -2.15. The summed E-state index contributed by atoms with van der Waals surface area (Å²) in [4.78, 5) is 17.4. The molecule has 0 aliphatic rings. The smallest absolute Gasteiger partial charge is 0.322 e. The van der Waals surface area contributed by atoms with Crippen molar-refractivity contribution in [3.63, 3.8) is 0 Å². The first-order valence-corrected chi connectivity index (χ1v) is 7.81. The number of aromatic amines is 1. The Morgan fingerprint density at radius 3 is 2.77 bits per heavy atom. The molecule has 0 saturated carbocycles. The van der Waals surface area contributed by atoms with Crippen LogP contribution in [-0.2, 0) is 21.2 Å². The maximum Gasteiger partial charge on any atom is 0.322 e. The molecule has 8 nitrogen and oxygen atoms in total. The summed E-state index contributed by atoms with van der Waals surface area (Å²) in [6.07, 6.45) is 2.73. The summed E-state index contributed by atoms with van der Waals surface area (Å²) >= 11 is 0. The Balaban J connectivity index is 2.28. The van der Waals surface area contributed by atoms with Crippen molar-refractivity contribution in [3.05, 3.63) is 42.0 Å². The maximum absolute atomic E-state index is 12.3. The van der Waals surface area contributed by atoms with Gasteiger partial charge in [0.05, 0.1) is 12.0 Å². The molecule has 0 saturated heterocycles. The molecule has 9 heteroatoms. The molecule has 0 unspecified atom stereocenters. The standard InChI is InChI=1S/C13H15N3O5S/c1-8-3-2-4-11(12(8)17)22(20,21)16-10(13(18)19)5-9-6-14-7-15-9/h2-4,6-7,10,16-17H,5H2,1H3,(H,14,15)(H,18,19)/t10-/m0/s1. The topological polar surface area (TPSA) is 132 Å².